The Morgan fingerprint density at radius 3 is 2.90 bits per heavy atom. The molecule has 7 nitrogen and oxygen atoms in total. The van der Waals surface area contributed by atoms with Crippen molar-refractivity contribution < 1.29 is 14.6 Å². The van der Waals surface area contributed by atoms with Crippen molar-refractivity contribution in [1.29, 1.82) is 5.26 Å². The van der Waals surface area contributed by atoms with Gasteiger partial charge in [0.2, 0.25) is 0 Å². The molecule has 0 atom stereocenters. The van der Waals surface area contributed by atoms with Crippen LogP contribution in [0.25, 0.3) is 0 Å². The summed E-state index contributed by atoms with van der Waals surface area (Å²) in [5.41, 5.74) is 0.824. The van der Waals surface area contributed by atoms with Crippen molar-refractivity contribution in [2.75, 3.05) is 13.7 Å². The average Bonchev–Trinajstić information content (AvgIpc) is 2.93. The number of methoxy groups -OCH3 is 1. The van der Waals surface area contributed by atoms with Crippen LogP contribution in [0.2, 0.25) is 0 Å². The van der Waals surface area contributed by atoms with Crippen LogP contribution < -0.4 is 9.47 Å². The zero-order chi connectivity index (χ0) is 15.1. The van der Waals surface area contributed by atoms with Crippen LogP contribution in [0.4, 0.5) is 0 Å². The minimum atomic E-state index is 0.0535. The molecule has 1 aromatic carbocycles. The second-order valence-corrected chi connectivity index (χ2v) is 4.26. The molecule has 0 aliphatic rings. The Kier molecular flexibility index (Phi) is 5.12. The molecule has 2 rings (SSSR count). The van der Waals surface area contributed by atoms with Crippen LogP contribution in [-0.4, -0.2) is 33.8 Å². The Morgan fingerprint density at radius 2 is 2.19 bits per heavy atom. The summed E-state index contributed by atoms with van der Waals surface area (Å²) in [4.78, 5) is 0. The number of nitriles is 1. The number of rotatable bonds is 7. The lowest BCUT2D eigenvalue weighted by Crippen LogP contribution is -2.10. The van der Waals surface area contributed by atoms with Gasteiger partial charge in [-0.2, -0.15) is 5.26 Å². The van der Waals surface area contributed by atoms with Gasteiger partial charge in [0, 0.05) is 19.2 Å². The van der Waals surface area contributed by atoms with Crippen LogP contribution in [0.3, 0.4) is 0 Å². The number of benzene rings is 1. The normalized spacial score (nSPS) is 10.1. The molecule has 0 fully saturated rings. The van der Waals surface area contributed by atoms with Gasteiger partial charge in [0.25, 0.3) is 0 Å². The maximum atomic E-state index is 9.05. The number of aromatic nitrogens is 3. The van der Waals surface area contributed by atoms with Gasteiger partial charge in [0.15, 0.2) is 5.69 Å². The van der Waals surface area contributed by atoms with Gasteiger partial charge in [0.1, 0.15) is 29.9 Å². The highest BCUT2D eigenvalue weighted by Crippen LogP contribution is 2.20. The second-order valence-electron chi connectivity index (χ2n) is 4.26. The van der Waals surface area contributed by atoms with E-state index in [4.69, 9.17) is 19.8 Å². The summed E-state index contributed by atoms with van der Waals surface area (Å²) in [6.07, 6.45) is 0.542. The fraction of sp³-hybridized carbons (Fsp3) is 0.357. The highest BCUT2D eigenvalue weighted by molar-refractivity contribution is 5.33. The molecule has 0 amide bonds. The van der Waals surface area contributed by atoms with E-state index in [-0.39, 0.29) is 18.9 Å². The average molecular weight is 288 g/mol. The van der Waals surface area contributed by atoms with Crippen molar-refractivity contribution in [3.8, 4) is 17.6 Å². The van der Waals surface area contributed by atoms with Crippen molar-refractivity contribution >= 4 is 0 Å². The molecule has 0 bridgehead atoms. The molecule has 0 saturated heterocycles. The lowest BCUT2D eigenvalue weighted by atomic mass is 10.3. The Labute approximate surface area is 122 Å². The highest BCUT2D eigenvalue weighted by atomic mass is 16.5. The molecule has 1 heterocycles. The molecular formula is C14H16N4O3. The molecule has 1 aromatic heterocycles. The molecule has 7 heteroatoms. The maximum absolute atomic E-state index is 9.05. The van der Waals surface area contributed by atoms with Crippen molar-refractivity contribution in [2.24, 2.45) is 0 Å². The van der Waals surface area contributed by atoms with Gasteiger partial charge < -0.3 is 14.6 Å². The summed E-state index contributed by atoms with van der Waals surface area (Å²) in [7, 11) is 1.58. The molecule has 0 radical (unpaired) electrons. The maximum Gasteiger partial charge on any atom is 0.189 e. The first-order chi connectivity index (χ1) is 10.3. The van der Waals surface area contributed by atoms with Crippen LogP contribution in [0.1, 0.15) is 17.8 Å². The summed E-state index contributed by atoms with van der Waals surface area (Å²) in [6.45, 7) is 0.717. The molecule has 110 valence electrons. The smallest absolute Gasteiger partial charge is 0.189 e. The van der Waals surface area contributed by atoms with E-state index < -0.39 is 0 Å². The van der Waals surface area contributed by atoms with E-state index >= 15 is 0 Å². The predicted octanol–water partition coefficient (Wildman–Crippen LogP) is 1.12. The fourth-order valence-corrected chi connectivity index (χ4v) is 1.81. The number of aliphatic hydroxyl groups is 1. The van der Waals surface area contributed by atoms with Crippen molar-refractivity contribution in [2.45, 2.75) is 19.6 Å². The zero-order valence-electron chi connectivity index (χ0n) is 11.7. The Hall–Kier alpha value is -2.59. The largest absolute Gasteiger partial charge is 0.497 e. The monoisotopic (exact) mass is 288 g/mol. The van der Waals surface area contributed by atoms with Crippen LogP contribution >= 0.6 is 0 Å². The molecule has 0 spiro atoms. The standard InChI is InChI=1S/C14H16N4O3/c1-20-11-4-2-5-12(8-11)21-10-14-13(9-15)16-17-18(14)6-3-7-19/h2,4-5,8,19H,3,6-7,10H2,1H3. The van der Waals surface area contributed by atoms with Gasteiger partial charge in [-0.05, 0) is 18.6 Å². The molecule has 21 heavy (non-hydrogen) atoms. The third-order valence-corrected chi connectivity index (χ3v) is 2.89. The van der Waals surface area contributed by atoms with E-state index in [1.807, 2.05) is 18.2 Å². The van der Waals surface area contributed by atoms with E-state index in [9.17, 15) is 0 Å². The highest BCUT2D eigenvalue weighted by Gasteiger charge is 2.13. The first-order valence-corrected chi connectivity index (χ1v) is 6.48. The summed E-state index contributed by atoms with van der Waals surface area (Å²) < 4.78 is 12.4. The van der Waals surface area contributed by atoms with E-state index in [1.165, 1.54) is 0 Å². The number of aliphatic hydroxyl groups excluding tert-OH is 1. The fourth-order valence-electron chi connectivity index (χ4n) is 1.81. The van der Waals surface area contributed by atoms with Gasteiger partial charge in [-0.3, -0.25) is 0 Å². The number of aryl methyl sites for hydroxylation is 1. The predicted molar refractivity (Wildman–Crippen MR) is 73.8 cm³/mol. The number of hydrogen-bond donors (Lipinski definition) is 1. The SMILES string of the molecule is COc1cccc(OCc2c(C#N)nnn2CCCO)c1. The lowest BCUT2D eigenvalue weighted by molar-refractivity contribution is 0.264. The van der Waals surface area contributed by atoms with Gasteiger partial charge >= 0.3 is 0 Å². The quantitative estimate of drug-likeness (QED) is 0.820. The van der Waals surface area contributed by atoms with Crippen molar-refractivity contribution in [3.05, 3.63) is 35.7 Å². The van der Waals surface area contributed by atoms with E-state index in [0.717, 1.165) is 0 Å². The lowest BCUT2D eigenvalue weighted by Gasteiger charge is -2.09. The van der Waals surface area contributed by atoms with E-state index in [1.54, 1.807) is 23.9 Å². The van der Waals surface area contributed by atoms with E-state index in [2.05, 4.69) is 10.3 Å². The Morgan fingerprint density at radius 1 is 1.38 bits per heavy atom. The van der Waals surface area contributed by atoms with Crippen LogP contribution in [0.5, 0.6) is 11.5 Å². The minimum absolute atomic E-state index is 0.0535. The van der Waals surface area contributed by atoms with Crippen LogP contribution in [-0.2, 0) is 13.2 Å². The zero-order valence-corrected chi connectivity index (χ0v) is 11.7. The molecule has 0 aliphatic heterocycles. The Balaban J connectivity index is 2.11. The topological polar surface area (TPSA) is 93.2 Å². The van der Waals surface area contributed by atoms with E-state index in [0.29, 0.717) is 30.2 Å². The molecule has 0 aliphatic carbocycles. The molecule has 2 aromatic rings. The minimum Gasteiger partial charge on any atom is -0.497 e. The van der Waals surface area contributed by atoms with Gasteiger partial charge in [0.05, 0.1) is 7.11 Å². The third kappa shape index (κ3) is 3.70. The number of hydrogen-bond acceptors (Lipinski definition) is 6. The van der Waals surface area contributed by atoms with Crippen molar-refractivity contribution in [1.82, 2.24) is 15.0 Å². The third-order valence-electron chi connectivity index (χ3n) is 2.89. The number of nitrogens with zero attached hydrogens (tertiary/aromatic N) is 4. The van der Waals surface area contributed by atoms with Crippen LogP contribution in [0.15, 0.2) is 24.3 Å². The molecule has 1 N–H and O–H groups in total. The van der Waals surface area contributed by atoms with Crippen molar-refractivity contribution in [3.63, 3.8) is 0 Å². The first-order valence-electron chi connectivity index (χ1n) is 6.48. The number of ether oxygens (including phenoxy) is 2. The summed E-state index contributed by atoms with van der Waals surface area (Å²) in [5.74, 6) is 1.33. The van der Waals surface area contributed by atoms with Gasteiger partial charge in [-0.15, -0.1) is 5.10 Å². The molecular weight excluding hydrogens is 272 g/mol. The van der Waals surface area contributed by atoms with Gasteiger partial charge in [-0.25, -0.2) is 4.68 Å². The Bertz CT molecular complexity index is 633. The summed E-state index contributed by atoms with van der Waals surface area (Å²) in [6, 6.07) is 9.19. The molecule has 0 unspecified atom stereocenters. The summed E-state index contributed by atoms with van der Waals surface area (Å²) >= 11 is 0. The second kappa shape index (κ2) is 7.26. The van der Waals surface area contributed by atoms with Gasteiger partial charge in [-0.1, -0.05) is 11.3 Å². The first kappa shape index (κ1) is 14.8. The summed E-state index contributed by atoms with van der Waals surface area (Å²) in [5, 5.41) is 25.6. The molecule has 0 saturated carbocycles. The van der Waals surface area contributed by atoms with Crippen LogP contribution in [0, 0.1) is 11.3 Å².